The lowest BCUT2D eigenvalue weighted by atomic mass is 10.1. The van der Waals surface area contributed by atoms with Crippen LogP contribution in [-0.4, -0.2) is 15.8 Å². The van der Waals surface area contributed by atoms with Crippen molar-refractivity contribution in [2.45, 2.75) is 23.8 Å². The molecule has 1 aromatic carbocycles. The van der Waals surface area contributed by atoms with Crippen molar-refractivity contribution >= 4 is 28.5 Å². The summed E-state index contributed by atoms with van der Waals surface area (Å²) in [7, 11) is 0. The monoisotopic (exact) mass is 296 g/mol. The minimum atomic E-state index is 0.0543. The van der Waals surface area contributed by atoms with Gasteiger partial charge in [-0.3, -0.25) is 10.4 Å². The molecule has 5 heteroatoms. The van der Waals surface area contributed by atoms with Crippen LogP contribution in [0.5, 0.6) is 0 Å². The first-order chi connectivity index (χ1) is 10.0. The van der Waals surface area contributed by atoms with Crippen LogP contribution in [0.1, 0.15) is 17.0 Å². The Morgan fingerprint density at radius 3 is 2.71 bits per heavy atom. The number of H-pyrrole nitrogens is 1. The number of nitrogens with two attached hydrogens (primary N) is 1. The lowest BCUT2D eigenvalue weighted by Crippen LogP contribution is -2.15. The third kappa shape index (κ3) is 2.64. The normalized spacial score (nSPS) is 11.0. The Balaban J connectivity index is 2.06. The zero-order valence-electron chi connectivity index (χ0n) is 11.9. The van der Waals surface area contributed by atoms with Gasteiger partial charge in [-0.2, -0.15) is 0 Å². The predicted octanol–water partition coefficient (Wildman–Crippen LogP) is 3.62. The van der Waals surface area contributed by atoms with Crippen LogP contribution in [0.4, 0.5) is 0 Å². The van der Waals surface area contributed by atoms with Crippen LogP contribution < -0.4 is 5.73 Å². The molecule has 106 valence electrons. The van der Waals surface area contributed by atoms with Crippen molar-refractivity contribution in [3.63, 3.8) is 0 Å². The Hall–Kier alpha value is -2.27. The Kier molecular flexibility index (Phi) is 3.43. The lowest BCUT2D eigenvalue weighted by molar-refractivity contribution is 1.07. The highest BCUT2D eigenvalue weighted by Crippen LogP contribution is 2.33. The second-order valence-corrected chi connectivity index (χ2v) is 6.04. The molecule has 3 rings (SSSR count). The summed E-state index contributed by atoms with van der Waals surface area (Å²) in [4.78, 5) is 8.73. The average molecular weight is 296 g/mol. The van der Waals surface area contributed by atoms with Crippen molar-refractivity contribution in [2.75, 3.05) is 0 Å². The first kappa shape index (κ1) is 13.7. The van der Waals surface area contributed by atoms with E-state index in [9.17, 15) is 0 Å². The van der Waals surface area contributed by atoms with Gasteiger partial charge in [0.05, 0.1) is 10.6 Å². The van der Waals surface area contributed by atoms with E-state index in [0.717, 1.165) is 26.8 Å². The minimum Gasteiger partial charge on any atom is -0.384 e. The Morgan fingerprint density at radius 1 is 1.24 bits per heavy atom. The molecule has 3 aromatic rings. The molecular formula is C16H16N4S. The highest BCUT2D eigenvalue weighted by Gasteiger charge is 2.13. The number of aryl methyl sites for hydroxylation is 2. The first-order valence-electron chi connectivity index (χ1n) is 6.63. The topological polar surface area (TPSA) is 78.5 Å². The quantitative estimate of drug-likeness (QED) is 0.510. The maximum absolute atomic E-state index is 7.78. The van der Waals surface area contributed by atoms with Crippen molar-refractivity contribution < 1.29 is 0 Å². The molecule has 0 aliphatic heterocycles. The summed E-state index contributed by atoms with van der Waals surface area (Å²) < 4.78 is 0. The van der Waals surface area contributed by atoms with Gasteiger partial charge in [0.1, 0.15) is 5.84 Å². The number of nitrogens with zero attached hydrogens (tertiary/aromatic N) is 1. The lowest BCUT2D eigenvalue weighted by Gasteiger charge is -2.10. The van der Waals surface area contributed by atoms with E-state index < -0.39 is 0 Å². The summed E-state index contributed by atoms with van der Waals surface area (Å²) in [5.41, 5.74) is 9.25. The highest BCUT2D eigenvalue weighted by atomic mass is 32.2. The molecular weight excluding hydrogens is 280 g/mol. The van der Waals surface area contributed by atoms with E-state index in [1.54, 1.807) is 11.8 Å². The molecule has 0 atom stereocenters. The van der Waals surface area contributed by atoms with E-state index in [-0.39, 0.29) is 5.84 Å². The van der Waals surface area contributed by atoms with Crippen molar-refractivity contribution in [1.29, 1.82) is 5.41 Å². The molecule has 21 heavy (non-hydrogen) atoms. The van der Waals surface area contributed by atoms with Gasteiger partial charge in [-0.15, -0.1) is 0 Å². The van der Waals surface area contributed by atoms with Gasteiger partial charge in [-0.25, -0.2) is 0 Å². The predicted molar refractivity (Wildman–Crippen MR) is 87.1 cm³/mol. The molecule has 0 aliphatic rings. The second kappa shape index (κ2) is 5.26. The molecule has 0 fully saturated rings. The SMILES string of the molecule is Cc1cc(Sc2cc3ccccc3[nH]2)c(C(=N)N)c(C)n1. The summed E-state index contributed by atoms with van der Waals surface area (Å²) in [6.45, 7) is 3.84. The van der Waals surface area contributed by atoms with Gasteiger partial charge in [0.15, 0.2) is 0 Å². The number of nitrogens with one attached hydrogen (secondary N) is 2. The van der Waals surface area contributed by atoms with Gasteiger partial charge in [0, 0.05) is 27.2 Å². The van der Waals surface area contributed by atoms with Crippen LogP contribution in [0, 0.1) is 19.3 Å². The number of pyridine rings is 1. The molecule has 0 bridgehead atoms. The zero-order chi connectivity index (χ0) is 15.0. The molecule has 4 nitrogen and oxygen atoms in total. The van der Waals surface area contributed by atoms with Crippen molar-refractivity contribution in [2.24, 2.45) is 5.73 Å². The maximum atomic E-state index is 7.78. The van der Waals surface area contributed by atoms with Crippen LogP contribution in [0.15, 0.2) is 46.3 Å². The number of fused-ring (bicyclic) bond motifs is 1. The van der Waals surface area contributed by atoms with E-state index in [1.165, 1.54) is 5.39 Å². The number of para-hydroxylation sites is 1. The van der Waals surface area contributed by atoms with Gasteiger partial charge in [-0.1, -0.05) is 30.0 Å². The van der Waals surface area contributed by atoms with Crippen LogP contribution in [0.3, 0.4) is 0 Å². The van der Waals surface area contributed by atoms with Crippen molar-refractivity contribution in [3.05, 3.63) is 53.3 Å². The molecule has 4 N–H and O–H groups in total. The Bertz CT molecular complexity index is 802. The van der Waals surface area contributed by atoms with Crippen LogP contribution >= 0.6 is 11.8 Å². The van der Waals surface area contributed by atoms with Gasteiger partial charge < -0.3 is 10.7 Å². The number of nitrogen functional groups attached to an aromatic ring is 1. The standard InChI is InChI=1S/C16H16N4S/c1-9-7-13(15(16(17)18)10(2)19-9)21-14-8-11-5-3-4-6-12(11)20-14/h3-8,20H,1-2H3,(H3,17,18). The highest BCUT2D eigenvalue weighted by molar-refractivity contribution is 7.99. The van der Waals surface area contributed by atoms with E-state index in [4.69, 9.17) is 11.1 Å². The zero-order valence-corrected chi connectivity index (χ0v) is 12.7. The first-order valence-corrected chi connectivity index (χ1v) is 7.44. The molecule has 0 radical (unpaired) electrons. The number of rotatable bonds is 3. The van der Waals surface area contributed by atoms with Crippen LogP contribution in [0.25, 0.3) is 10.9 Å². The average Bonchev–Trinajstić information content (AvgIpc) is 2.79. The molecule has 0 aliphatic carbocycles. The van der Waals surface area contributed by atoms with E-state index in [0.29, 0.717) is 5.56 Å². The second-order valence-electron chi connectivity index (χ2n) is 4.96. The smallest absolute Gasteiger partial charge is 0.125 e. The van der Waals surface area contributed by atoms with Crippen molar-refractivity contribution in [3.8, 4) is 0 Å². The molecule has 0 saturated carbocycles. The number of aromatic amines is 1. The molecule has 2 heterocycles. The fourth-order valence-electron chi connectivity index (χ4n) is 2.42. The largest absolute Gasteiger partial charge is 0.384 e. The minimum absolute atomic E-state index is 0.0543. The van der Waals surface area contributed by atoms with Gasteiger partial charge in [0.25, 0.3) is 0 Å². The van der Waals surface area contributed by atoms with E-state index >= 15 is 0 Å². The number of benzene rings is 1. The summed E-state index contributed by atoms with van der Waals surface area (Å²) in [6.07, 6.45) is 0. The molecule has 0 unspecified atom stereocenters. The number of amidine groups is 1. The third-order valence-corrected chi connectivity index (χ3v) is 4.27. The molecule has 0 amide bonds. The maximum Gasteiger partial charge on any atom is 0.125 e. The number of aromatic nitrogens is 2. The van der Waals surface area contributed by atoms with Gasteiger partial charge >= 0.3 is 0 Å². The number of hydrogen-bond donors (Lipinski definition) is 3. The Morgan fingerprint density at radius 2 is 2.00 bits per heavy atom. The Labute approximate surface area is 127 Å². The van der Waals surface area contributed by atoms with E-state index in [2.05, 4.69) is 22.1 Å². The summed E-state index contributed by atoms with van der Waals surface area (Å²) in [5, 5.41) is 9.98. The van der Waals surface area contributed by atoms with Gasteiger partial charge in [0.2, 0.25) is 0 Å². The third-order valence-electron chi connectivity index (χ3n) is 3.29. The van der Waals surface area contributed by atoms with E-state index in [1.807, 2.05) is 38.1 Å². The van der Waals surface area contributed by atoms with Crippen molar-refractivity contribution in [1.82, 2.24) is 9.97 Å². The molecule has 0 spiro atoms. The fraction of sp³-hybridized carbons (Fsp3) is 0.125. The fourth-order valence-corrected chi connectivity index (χ4v) is 3.59. The summed E-state index contributed by atoms with van der Waals surface area (Å²) in [6, 6.07) is 12.2. The summed E-state index contributed by atoms with van der Waals surface area (Å²) in [5.74, 6) is 0.0543. The molecule has 0 saturated heterocycles. The van der Waals surface area contributed by atoms with Crippen LogP contribution in [-0.2, 0) is 0 Å². The molecule has 2 aromatic heterocycles. The summed E-state index contributed by atoms with van der Waals surface area (Å²) >= 11 is 1.58. The van der Waals surface area contributed by atoms with Gasteiger partial charge in [-0.05, 0) is 32.0 Å². The number of hydrogen-bond acceptors (Lipinski definition) is 3. The van der Waals surface area contributed by atoms with Crippen LogP contribution in [0.2, 0.25) is 0 Å².